The smallest absolute Gasteiger partial charge is 0.282 e. The van der Waals surface area contributed by atoms with Gasteiger partial charge >= 0.3 is 0 Å². The van der Waals surface area contributed by atoms with E-state index in [1.165, 1.54) is 0 Å². The zero-order valence-corrected chi connectivity index (χ0v) is 9.77. The summed E-state index contributed by atoms with van der Waals surface area (Å²) in [5.74, 6) is -1.38. The van der Waals surface area contributed by atoms with Crippen molar-refractivity contribution in [1.29, 1.82) is 0 Å². The average molecular weight is 290 g/mol. The largest absolute Gasteiger partial charge is 0.297 e. The Kier molecular flexibility index (Phi) is 3.27. The van der Waals surface area contributed by atoms with Crippen LogP contribution < -0.4 is 5.14 Å². The lowest BCUT2D eigenvalue weighted by Crippen LogP contribution is -2.14. The molecule has 0 aliphatic rings. The normalized spacial score (nSPS) is 12.8. The molecule has 0 saturated heterocycles. The van der Waals surface area contributed by atoms with Crippen molar-refractivity contribution in [2.75, 3.05) is 0 Å². The summed E-state index contributed by atoms with van der Waals surface area (Å²) < 4.78 is 64.9. The number of hydrogen-bond acceptors (Lipinski definition) is 4. The summed E-state index contributed by atoms with van der Waals surface area (Å²) in [6, 6.07) is 0.784. The fourth-order valence-corrected chi connectivity index (χ4v) is 2.66. The summed E-state index contributed by atoms with van der Waals surface area (Å²) in [6.07, 6.45) is 0. The molecule has 1 rings (SSSR count). The minimum Gasteiger partial charge on any atom is -0.282 e. The molecule has 0 aromatic heterocycles. The summed E-state index contributed by atoms with van der Waals surface area (Å²) in [5, 5.41) is 4.13. The molecule has 0 unspecified atom stereocenters. The van der Waals surface area contributed by atoms with Gasteiger partial charge in [0.05, 0.1) is 5.02 Å². The molecule has 16 heavy (non-hydrogen) atoms. The van der Waals surface area contributed by atoms with Crippen LogP contribution in [0.5, 0.6) is 0 Å². The number of rotatable bonds is 2. The SMILES string of the molecule is NS(=O)(=O)c1cc(S(=O)(=O)O)c(F)cc1Cl. The third kappa shape index (κ3) is 2.68. The highest BCUT2D eigenvalue weighted by Gasteiger charge is 2.23. The Morgan fingerprint density at radius 3 is 2.06 bits per heavy atom. The maximum absolute atomic E-state index is 13.1. The topological polar surface area (TPSA) is 115 Å². The highest BCUT2D eigenvalue weighted by atomic mass is 35.5. The first-order valence-corrected chi connectivity index (χ1v) is 6.89. The zero-order valence-electron chi connectivity index (χ0n) is 7.38. The van der Waals surface area contributed by atoms with E-state index in [1.54, 1.807) is 0 Å². The number of sulfonamides is 1. The summed E-state index contributed by atoms with van der Waals surface area (Å²) >= 11 is 5.36. The first kappa shape index (κ1) is 13.3. The number of nitrogens with two attached hydrogens (primary N) is 1. The third-order valence-electron chi connectivity index (χ3n) is 1.57. The Morgan fingerprint density at radius 1 is 1.19 bits per heavy atom. The van der Waals surface area contributed by atoms with Gasteiger partial charge in [-0.3, -0.25) is 4.55 Å². The maximum atomic E-state index is 13.1. The van der Waals surface area contributed by atoms with E-state index in [0.29, 0.717) is 12.1 Å². The number of hydrogen-bond donors (Lipinski definition) is 2. The van der Waals surface area contributed by atoms with Crippen LogP contribution in [0.15, 0.2) is 21.9 Å². The summed E-state index contributed by atoms with van der Waals surface area (Å²) in [6.45, 7) is 0. The molecule has 0 spiro atoms. The van der Waals surface area contributed by atoms with Gasteiger partial charge in [0.2, 0.25) is 10.0 Å². The zero-order chi connectivity index (χ0) is 12.7. The number of halogens is 2. The molecule has 0 aliphatic heterocycles. The minimum atomic E-state index is -4.89. The molecule has 0 bridgehead atoms. The Hall–Kier alpha value is -0.740. The van der Waals surface area contributed by atoms with Crippen LogP contribution in [0.1, 0.15) is 0 Å². The lowest BCUT2D eigenvalue weighted by molar-refractivity contribution is 0.473. The highest BCUT2D eigenvalue weighted by molar-refractivity contribution is 7.89. The molecule has 0 saturated carbocycles. The molecular formula is C6H5ClFNO5S2. The molecule has 0 heterocycles. The van der Waals surface area contributed by atoms with E-state index in [-0.39, 0.29) is 0 Å². The summed E-state index contributed by atoms with van der Waals surface area (Å²) in [4.78, 5) is -2.00. The van der Waals surface area contributed by atoms with Crippen LogP contribution in [-0.2, 0) is 20.1 Å². The van der Waals surface area contributed by atoms with Crippen molar-refractivity contribution in [3.8, 4) is 0 Å². The van der Waals surface area contributed by atoms with E-state index in [0.717, 1.165) is 0 Å². The van der Waals surface area contributed by atoms with Crippen molar-refractivity contribution in [1.82, 2.24) is 0 Å². The van der Waals surface area contributed by atoms with Crippen LogP contribution in [0.3, 0.4) is 0 Å². The third-order valence-corrected chi connectivity index (χ3v) is 3.82. The predicted octanol–water partition coefficient (Wildman–Crippen LogP) is 0.373. The van der Waals surface area contributed by atoms with Gasteiger partial charge < -0.3 is 0 Å². The van der Waals surface area contributed by atoms with Gasteiger partial charge in [-0.15, -0.1) is 0 Å². The van der Waals surface area contributed by atoms with Gasteiger partial charge in [-0.2, -0.15) is 8.42 Å². The lowest BCUT2D eigenvalue weighted by Gasteiger charge is -2.05. The monoisotopic (exact) mass is 289 g/mol. The Bertz CT molecular complexity index is 586. The Morgan fingerprint density at radius 2 is 1.69 bits per heavy atom. The van der Waals surface area contributed by atoms with Gasteiger partial charge in [0.15, 0.2) is 0 Å². The number of benzene rings is 1. The summed E-state index contributed by atoms with van der Waals surface area (Å²) in [7, 11) is -9.19. The predicted molar refractivity (Wildman–Crippen MR) is 52.6 cm³/mol. The first-order valence-electron chi connectivity index (χ1n) is 3.53. The molecule has 0 atom stereocenters. The van der Waals surface area contributed by atoms with Crippen molar-refractivity contribution in [3.63, 3.8) is 0 Å². The van der Waals surface area contributed by atoms with Gasteiger partial charge in [-0.25, -0.2) is 17.9 Å². The van der Waals surface area contributed by atoms with E-state index < -0.39 is 40.8 Å². The van der Waals surface area contributed by atoms with E-state index in [2.05, 4.69) is 0 Å². The molecule has 10 heteroatoms. The second-order valence-corrected chi connectivity index (χ2v) is 6.06. The Labute approximate surface area is 95.6 Å². The fraction of sp³-hybridized carbons (Fsp3) is 0. The molecular weight excluding hydrogens is 285 g/mol. The van der Waals surface area contributed by atoms with Gasteiger partial charge in [-0.05, 0) is 12.1 Å². The Balaban J connectivity index is 3.72. The molecule has 1 aromatic carbocycles. The minimum absolute atomic E-state index is 0.350. The van der Waals surface area contributed by atoms with Crippen molar-refractivity contribution in [3.05, 3.63) is 23.0 Å². The van der Waals surface area contributed by atoms with Gasteiger partial charge in [0, 0.05) is 0 Å². The van der Waals surface area contributed by atoms with Crippen LogP contribution in [0.25, 0.3) is 0 Å². The molecule has 0 aliphatic carbocycles. The quantitative estimate of drug-likeness (QED) is 0.764. The van der Waals surface area contributed by atoms with Crippen LogP contribution in [-0.4, -0.2) is 21.4 Å². The van der Waals surface area contributed by atoms with Crippen LogP contribution in [0.4, 0.5) is 4.39 Å². The van der Waals surface area contributed by atoms with Crippen LogP contribution in [0, 0.1) is 5.82 Å². The van der Waals surface area contributed by atoms with Crippen LogP contribution in [0.2, 0.25) is 5.02 Å². The summed E-state index contributed by atoms with van der Waals surface area (Å²) in [5.41, 5.74) is 0. The standard InChI is InChI=1S/C6H5ClFNO5S2/c7-3-1-4(8)6(16(12,13)14)2-5(3)15(9,10)11/h1-2H,(H2,9,10,11)(H,12,13,14). The van der Waals surface area contributed by atoms with E-state index in [4.69, 9.17) is 21.3 Å². The lowest BCUT2D eigenvalue weighted by atomic mass is 10.3. The fourth-order valence-electron chi connectivity index (χ4n) is 0.926. The molecule has 0 amide bonds. The van der Waals surface area contributed by atoms with Crippen molar-refractivity contribution >= 4 is 31.7 Å². The molecule has 90 valence electrons. The second-order valence-electron chi connectivity index (χ2n) is 2.73. The van der Waals surface area contributed by atoms with E-state index >= 15 is 0 Å². The van der Waals surface area contributed by atoms with Gasteiger partial charge in [-0.1, -0.05) is 11.6 Å². The van der Waals surface area contributed by atoms with E-state index in [9.17, 15) is 21.2 Å². The van der Waals surface area contributed by atoms with Crippen molar-refractivity contribution < 1.29 is 25.8 Å². The van der Waals surface area contributed by atoms with Crippen molar-refractivity contribution in [2.24, 2.45) is 5.14 Å². The molecule has 1 aromatic rings. The molecule has 0 radical (unpaired) electrons. The number of primary sulfonamides is 1. The van der Waals surface area contributed by atoms with Gasteiger partial charge in [0.25, 0.3) is 10.1 Å². The van der Waals surface area contributed by atoms with Gasteiger partial charge in [0.1, 0.15) is 15.6 Å². The first-order chi connectivity index (χ1) is 7.03. The highest BCUT2D eigenvalue weighted by Crippen LogP contribution is 2.26. The van der Waals surface area contributed by atoms with E-state index in [1.807, 2.05) is 0 Å². The molecule has 6 nitrogen and oxygen atoms in total. The van der Waals surface area contributed by atoms with Crippen molar-refractivity contribution in [2.45, 2.75) is 9.79 Å². The van der Waals surface area contributed by atoms with Crippen LogP contribution >= 0.6 is 11.6 Å². The average Bonchev–Trinajstić information content (AvgIpc) is 1.97. The molecule has 3 N–H and O–H groups in total. The maximum Gasteiger partial charge on any atom is 0.297 e. The second kappa shape index (κ2) is 3.93. The molecule has 0 fully saturated rings.